The van der Waals surface area contributed by atoms with Gasteiger partial charge in [-0.15, -0.1) is 0 Å². The van der Waals surface area contributed by atoms with E-state index in [1.54, 1.807) is 25.1 Å². The molecular formula is C29H32Cl3N3O5S. The van der Waals surface area contributed by atoms with Crippen LogP contribution in [0.1, 0.15) is 32.8 Å². The number of halogens is 3. The molecule has 8 nitrogen and oxygen atoms in total. The summed E-state index contributed by atoms with van der Waals surface area (Å²) >= 11 is 18.6. The molecule has 220 valence electrons. The monoisotopic (exact) mass is 639 g/mol. The smallest absolute Gasteiger partial charge is 0.264 e. The van der Waals surface area contributed by atoms with Crippen LogP contribution in [0.25, 0.3) is 0 Å². The molecule has 0 aliphatic rings. The quantitative estimate of drug-likeness (QED) is 0.255. The van der Waals surface area contributed by atoms with Gasteiger partial charge in [-0.25, -0.2) is 8.42 Å². The van der Waals surface area contributed by atoms with Crippen molar-refractivity contribution in [2.24, 2.45) is 0 Å². The van der Waals surface area contributed by atoms with E-state index in [-0.39, 0.29) is 35.5 Å². The lowest BCUT2D eigenvalue weighted by Gasteiger charge is -2.33. The highest BCUT2D eigenvalue weighted by Crippen LogP contribution is 2.28. The molecule has 1 N–H and O–H groups in total. The second-order valence-corrected chi connectivity index (χ2v) is 12.7. The van der Waals surface area contributed by atoms with E-state index in [1.165, 1.54) is 60.5 Å². The van der Waals surface area contributed by atoms with E-state index in [9.17, 15) is 18.0 Å². The van der Waals surface area contributed by atoms with Crippen LogP contribution in [0.4, 0.5) is 5.69 Å². The summed E-state index contributed by atoms with van der Waals surface area (Å²) in [5.74, 6) is -0.489. The van der Waals surface area contributed by atoms with Gasteiger partial charge in [0, 0.05) is 27.7 Å². The van der Waals surface area contributed by atoms with E-state index in [4.69, 9.17) is 39.5 Å². The molecule has 3 rings (SSSR count). The van der Waals surface area contributed by atoms with Gasteiger partial charge in [-0.2, -0.15) is 0 Å². The molecule has 0 radical (unpaired) electrons. The molecule has 12 heteroatoms. The largest absolute Gasteiger partial charge is 0.497 e. The number of nitrogens with one attached hydrogen (secondary N) is 1. The summed E-state index contributed by atoms with van der Waals surface area (Å²) in [7, 11) is -2.76. The van der Waals surface area contributed by atoms with Gasteiger partial charge in [0.15, 0.2) is 0 Å². The Morgan fingerprint density at radius 3 is 2.07 bits per heavy atom. The van der Waals surface area contributed by atoms with Crippen molar-refractivity contribution in [3.8, 4) is 5.75 Å². The van der Waals surface area contributed by atoms with Crippen molar-refractivity contribution in [3.63, 3.8) is 0 Å². The van der Waals surface area contributed by atoms with Gasteiger partial charge in [-0.3, -0.25) is 13.9 Å². The number of benzene rings is 3. The van der Waals surface area contributed by atoms with Gasteiger partial charge < -0.3 is 15.0 Å². The molecule has 0 unspecified atom stereocenters. The summed E-state index contributed by atoms with van der Waals surface area (Å²) < 4.78 is 34.0. The molecule has 0 saturated heterocycles. The number of hydrogen-bond donors (Lipinski definition) is 1. The first-order chi connectivity index (χ1) is 19.4. The first-order valence-corrected chi connectivity index (χ1v) is 15.4. The Balaban J connectivity index is 2.08. The minimum atomic E-state index is -4.24. The zero-order valence-corrected chi connectivity index (χ0v) is 26.2. The Hall–Kier alpha value is -2.98. The number of sulfonamides is 1. The first kappa shape index (κ1) is 32.5. The van der Waals surface area contributed by atoms with Gasteiger partial charge in [0.2, 0.25) is 11.8 Å². The third kappa shape index (κ3) is 8.29. The number of rotatable bonds is 12. The Labute approximate surface area is 256 Å². The number of carbonyl (C=O) groups excluding carboxylic acids is 2. The molecule has 41 heavy (non-hydrogen) atoms. The van der Waals surface area contributed by atoms with Crippen molar-refractivity contribution in [1.82, 2.24) is 10.2 Å². The molecule has 0 aliphatic carbocycles. The highest BCUT2D eigenvalue weighted by atomic mass is 35.5. The average molecular weight is 641 g/mol. The predicted octanol–water partition coefficient (Wildman–Crippen LogP) is 6.18. The molecule has 3 aromatic carbocycles. The van der Waals surface area contributed by atoms with Gasteiger partial charge >= 0.3 is 0 Å². The van der Waals surface area contributed by atoms with Gasteiger partial charge in [-0.05, 0) is 86.5 Å². The number of nitrogens with zero attached hydrogens (tertiary/aromatic N) is 2. The fourth-order valence-electron chi connectivity index (χ4n) is 4.14. The summed E-state index contributed by atoms with van der Waals surface area (Å²) in [6.07, 6.45) is 0.279. The van der Waals surface area contributed by atoms with Gasteiger partial charge in [-0.1, -0.05) is 47.8 Å². The molecule has 0 bridgehead atoms. The van der Waals surface area contributed by atoms with E-state index >= 15 is 0 Å². The minimum Gasteiger partial charge on any atom is -0.497 e. The molecule has 1 atom stereocenters. The summed E-state index contributed by atoms with van der Waals surface area (Å²) in [5.41, 5.74) is 0.777. The maximum absolute atomic E-state index is 14.1. The molecule has 0 heterocycles. The highest BCUT2D eigenvalue weighted by molar-refractivity contribution is 7.92. The topological polar surface area (TPSA) is 96.0 Å². The number of anilines is 1. The van der Waals surface area contributed by atoms with Crippen LogP contribution in [0.5, 0.6) is 5.75 Å². The number of carbonyl (C=O) groups is 2. The Kier molecular flexibility index (Phi) is 11.3. The third-order valence-corrected chi connectivity index (χ3v) is 8.84. The van der Waals surface area contributed by atoms with Gasteiger partial charge in [0.25, 0.3) is 10.0 Å². The zero-order chi connectivity index (χ0) is 30.3. The number of amides is 2. The average Bonchev–Trinajstić information content (AvgIpc) is 2.92. The number of ether oxygens (including phenoxy) is 1. The van der Waals surface area contributed by atoms with Crippen LogP contribution in [-0.4, -0.2) is 50.9 Å². The minimum absolute atomic E-state index is 0.0436. The fourth-order valence-corrected chi connectivity index (χ4v) is 6.15. The molecule has 0 spiro atoms. The second-order valence-electron chi connectivity index (χ2n) is 9.51. The van der Waals surface area contributed by atoms with Gasteiger partial charge in [0.05, 0.1) is 17.7 Å². The van der Waals surface area contributed by atoms with Crippen LogP contribution >= 0.6 is 34.8 Å². The Morgan fingerprint density at radius 2 is 1.54 bits per heavy atom. The molecule has 0 saturated carbocycles. The van der Waals surface area contributed by atoms with Crippen LogP contribution in [-0.2, 0) is 26.2 Å². The van der Waals surface area contributed by atoms with Crippen molar-refractivity contribution in [1.29, 1.82) is 0 Å². The Morgan fingerprint density at radius 1 is 0.927 bits per heavy atom. The second kappa shape index (κ2) is 14.3. The van der Waals surface area contributed by atoms with Crippen molar-refractivity contribution in [3.05, 3.63) is 87.4 Å². The molecule has 3 aromatic rings. The van der Waals surface area contributed by atoms with Crippen molar-refractivity contribution >= 4 is 62.3 Å². The first-order valence-electron chi connectivity index (χ1n) is 12.8. The lowest BCUT2D eigenvalue weighted by Crippen LogP contribution is -2.53. The number of hydrogen-bond acceptors (Lipinski definition) is 5. The van der Waals surface area contributed by atoms with Crippen LogP contribution in [0, 0.1) is 0 Å². The maximum atomic E-state index is 14.1. The summed E-state index contributed by atoms with van der Waals surface area (Å²) in [6.45, 7) is 4.77. The standard InChI is InChI=1S/C29H32Cl3N3O5S/c1-5-27(29(37)33-19(2)3)34(17-20-6-7-22(31)16-26(20)32)28(36)18-35(23-10-8-21(30)9-11-23)41(38,39)25-14-12-24(40-4)13-15-25/h6-16,19,27H,5,17-18H2,1-4H3,(H,33,37)/t27-/m0/s1. The van der Waals surface area contributed by atoms with Crippen LogP contribution in [0.15, 0.2) is 71.6 Å². The maximum Gasteiger partial charge on any atom is 0.264 e. The van der Waals surface area contributed by atoms with E-state index in [2.05, 4.69) is 5.32 Å². The molecular weight excluding hydrogens is 609 g/mol. The van der Waals surface area contributed by atoms with Crippen molar-refractivity contribution < 1.29 is 22.7 Å². The summed E-state index contributed by atoms with van der Waals surface area (Å²) in [5, 5.41) is 3.98. The molecule has 2 amide bonds. The molecule has 0 fully saturated rings. The van der Waals surface area contributed by atoms with Crippen LogP contribution in [0.3, 0.4) is 0 Å². The number of methoxy groups -OCH3 is 1. The normalized spacial score (nSPS) is 12.1. The summed E-state index contributed by atoms with van der Waals surface area (Å²) in [6, 6.07) is 15.7. The predicted molar refractivity (Wildman–Crippen MR) is 163 cm³/mol. The van der Waals surface area contributed by atoms with Crippen LogP contribution < -0.4 is 14.4 Å². The highest BCUT2D eigenvalue weighted by Gasteiger charge is 2.34. The summed E-state index contributed by atoms with van der Waals surface area (Å²) in [4.78, 5) is 28.6. The van der Waals surface area contributed by atoms with Crippen LogP contribution in [0.2, 0.25) is 15.1 Å². The SMILES string of the molecule is CC[C@@H](C(=O)NC(C)C)N(Cc1ccc(Cl)cc1Cl)C(=O)CN(c1ccc(Cl)cc1)S(=O)(=O)c1ccc(OC)cc1. The van der Waals surface area contributed by atoms with E-state index in [1.807, 2.05) is 13.8 Å². The van der Waals surface area contributed by atoms with E-state index in [0.717, 1.165) is 4.31 Å². The van der Waals surface area contributed by atoms with E-state index in [0.29, 0.717) is 26.4 Å². The van der Waals surface area contributed by atoms with E-state index < -0.39 is 28.5 Å². The lowest BCUT2D eigenvalue weighted by molar-refractivity contribution is -0.140. The van der Waals surface area contributed by atoms with Crippen molar-refractivity contribution in [2.75, 3.05) is 18.0 Å². The fraction of sp³-hybridized carbons (Fsp3) is 0.310. The van der Waals surface area contributed by atoms with Gasteiger partial charge in [0.1, 0.15) is 18.3 Å². The Bertz CT molecular complexity index is 1470. The molecule has 0 aliphatic heterocycles. The molecule has 0 aromatic heterocycles. The lowest BCUT2D eigenvalue weighted by atomic mass is 10.1. The third-order valence-electron chi connectivity index (χ3n) is 6.21. The van der Waals surface area contributed by atoms with Crippen molar-refractivity contribution in [2.45, 2.75) is 50.7 Å². The zero-order valence-electron chi connectivity index (χ0n) is 23.1.